The maximum absolute atomic E-state index is 12.6. The molecule has 8 heteroatoms. The number of halogens is 1. The zero-order valence-corrected chi connectivity index (χ0v) is 15.8. The third kappa shape index (κ3) is 3.39. The number of carbonyl (C=O) groups is 1. The summed E-state index contributed by atoms with van der Waals surface area (Å²) in [6.45, 7) is 5.95. The summed E-state index contributed by atoms with van der Waals surface area (Å²) in [6, 6.07) is 6.95. The van der Waals surface area contributed by atoms with Gasteiger partial charge in [-0.15, -0.1) is 5.10 Å². The Bertz CT molecular complexity index is 834. The van der Waals surface area contributed by atoms with Crippen molar-refractivity contribution in [3.05, 3.63) is 46.1 Å². The summed E-state index contributed by atoms with van der Waals surface area (Å²) in [5.41, 5.74) is 1.96. The first kappa shape index (κ1) is 17.8. The van der Waals surface area contributed by atoms with Gasteiger partial charge in [-0.2, -0.15) is 4.98 Å². The summed E-state index contributed by atoms with van der Waals surface area (Å²) in [4.78, 5) is 17.1. The third-order valence-corrected chi connectivity index (χ3v) is 4.87. The van der Waals surface area contributed by atoms with E-state index >= 15 is 0 Å². The fourth-order valence-electron chi connectivity index (χ4n) is 2.78. The number of ether oxygens (including phenoxy) is 1. The molecule has 132 valence electrons. The van der Waals surface area contributed by atoms with Gasteiger partial charge in [-0.1, -0.05) is 48.5 Å². The van der Waals surface area contributed by atoms with Gasteiger partial charge >= 0.3 is 5.97 Å². The first-order valence-corrected chi connectivity index (χ1v) is 9.41. The predicted molar refractivity (Wildman–Crippen MR) is 99.0 cm³/mol. The Morgan fingerprint density at radius 3 is 2.84 bits per heavy atom. The van der Waals surface area contributed by atoms with Crippen LogP contribution in [0.1, 0.15) is 32.4 Å². The second-order valence-electron chi connectivity index (χ2n) is 5.40. The molecule has 25 heavy (non-hydrogen) atoms. The van der Waals surface area contributed by atoms with E-state index < -0.39 is 6.04 Å². The van der Waals surface area contributed by atoms with Gasteiger partial charge < -0.3 is 10.1 Å². The summed E-state index contributed by atoms with van der Waals surface area (Å²) in [6.07, 6.45) is 0. The third-order valence-electron chi connectivity index (χ3n) is 3.80. The summed E-state index contributed by atoms with van der Waals surface area (Å²) < 4.78 is 6.97. The molecule has 0 amide bonds. The van der Waals surface area contributed by atoms with Gasteiger partial charge in [0.2, 0.25) is 11.1 Å². The van der Waals surface area contributed by atoms with E-state index in [2.05, 4.69) is 15.4 Å². The average Bonchev–Trinajstić information content (AvgIpc) is 2.96. The van der Waals surface area contributed by atoms with E-state index in [1.165, 1.54) is 0 Å². The Morgan fingerprint density at radius 1 is 1.40 bits per heavy atom. The monoisotopic (exact) mass is 378 g/mol. The topological polar surface area (TPSA) is 69.0 Å². The number of allylic oxidation sites excluding steroid dienone is 1. The second kappa shape index (κ2) is 7.49. The van der Waals surface area contributed by atoms with Crippen LogP contribution in [0.25, 0.3) is 0 Å². The molecule has 0 saturated heterocycles. The summed E-state index contributed by atoms with van der Waals surface area (Å²) in [5, 5.41) is 8.95. The van der Waals surface area contributed by atoms with Crippen molar-refractivity contribution in [2.45, 2.75) is 32.0 Å². The molecule has 0 saturated carbocycles. The number of anilines is 1. The molecule has 3 rings (SSSR count). The molecule has 1 unspecified atom stereocenters. The van der Waals surface area contributed by atoms with Crippen LogP contribution in [0.4, 0.5) is 5.95 Å². The minimum Gasteiger partial charge on any atom is -0.463 e. The maximum atomic E-state index is 12.6. The molecular formula is C17H19ClN4O2S. The highest BCUT2D eigenvalue weighted by molar-refractivity contribution is 7.99. The van der Waals surface area contributed by atoms with Crippen molar-refractivity contribution in [2.24, 2.45) is 0 Å². The molecule has 0 radical (unpaired) electrons. The minimum absolute atomic E-state index is 0.298. The van der Waals surface area contributed by atoms with E-state index in [9.17, 15) is 4.79 Å². The van der Waals surface area contributed by atoms with Crippen molar-refractivity contribution in [2.75, 3.05) is 17.7 Å². The molecule has 0 bridgehead atoms. The highest BCUT2D eigenvalue weighted by Gasteiger charge is 2.36. The lowest BCUT2D eigenvalue weighted by molar-refractivity contribution is -0.139. The largest absolute Gasteiger partial charge is 0.463 e. The number of aromatic nitrogens is 3. The van der Waals surface area contributed by atoms with Gasteiger partial charge in [0.05, 0.1) is 12.2 Å². The van der Waals surface area contributed by atoms with Crippen molar-refractivity contribution in [1.82, 2.24) is 14.8 Å². The van der Waals surface area contributed by atoms with Crippen molar-refractivity contribution < 1.29 is 9.53 Å². The Kier molecular flexibility index (Phi) is 5.34. The van der Waals surface area contributed by atoms with Crippen LogP contribution in [-0.2, 0) is 9.53 Å². The molecule has 1 aromatic carbocycles. The lowest BCUT2D eigenvalue weighted by atomic mass is 9.96. The normalized spacial score (nSPS) is 16.4. The lowest BCUT2D eigenvalue weighted by Crippen LogP contribution is -2.29. The number of hydrogen-bond donors (Lipinski definition) is 1. The first-order chi connectivity index (χ1) is 12.1. The number of hydrogen-bond acceptors (Lipinski definition) is 6. The van der Waals surface area contributed by atoms with E-state index in [1.807, 2.05) is 32.0 Å². The van der Waals surface area contributed by atoms with Crippen molar-refractivity contribution in [1.29, 1.82) is 0 Å². The summed E-state index contributed by atoms with van der Waals surface area (Å²) in [7, 11) is 0. The van der Waals surface area contributed by atoms with Gasteiger partial charge in [0.15, 0.2) is 0 Å². The SMILES string of the molecule is CCOC(=O)C1=C(C)Nc2nc(SCC)nn2C1c1ccccc1Cl. The predicted octanol–water partition coefficient (Wildman–Crippen LogP) is 3.90. The molecule has 1 aliphatic rings. The second-order valence-corrected chi connectivity index (χ2v) is 7.04. The minimum atomic E-state index is -0.484. The van der Waals surface area contributed by atoms with Crippen molar-refractivity contribution in [3.63, 3.8) is 0 Å². The van der Waals surface area contributed by atoms with Crippen LogP contribution in [0.2, 0.25) is 5.02 Å². The number of benzene rings is 1. The fourth-order valence-corrected chi connectivity index (χ4v) is 3.57. The van der Waals surface area contributed by atoms with Crippen LogP contribution in [0.15, 0.2) is 40.7 Å². The lowest BCUT2D eigenvalue weighted by Gasteiger charge is -2.28. The molecule has 1 N–H and O–H groups in total. The zero-order chi connectivity index (χ0) is 18.0. The summed E-state index contributed by atoms with van der Waals surface area (Å²) >= 11 is 7.97. The van der Waals surface area contributed by atoms with E-state index in [-0.39, 0.29) is 5.97 Å². The van der Waals surface area contributed by atoms with Crippen LogP contribution in [0.5, 0.6) is 0 Å². The fraction of sp³-hybridized carbons (Fsp3) is 0.353. The molecule has 1 atom stereocenters. The number of nitrogens with zero attached hydrogens (tertiary/aromatic N) is 3. The van der Waals surface area contributed by atoms with Crippen LogP contribution in [0, 0.1) is 0 Å². The number of nitrogens with one attached hydrogen (secondary N) is 1. The first-order valence-electron chi connectivity index (χ1n) is 8.05. The average molecular weight is 379 g/mol. The van der Waals surface area contributed by atoms with Crippen LogP contribution in [-0.4, -0.2) is 33.1 Å². The Hall–Kier alpha value is -1.99. The van der Waals surface area contributed by atoms with E-state index in [0.29, 0.717) is 34.0 Å². The number of rotatable bonds is 5. The Labute approximate surface area is 155 Å². The van der Waals surface area contributed by atoms with Gasteiger partial charge in [-0.05, 0) is 25.7 Å². The molecule has 2 heterocycles. The van der Waals surface area contributed by atoms with E-state index in [1.54, 1.807) is 29.4 Å². The molecule has 0 spiro atoms. The van der Waals surface area contributed by atoms with Crippen molar-refractivity contribution >= 4 is 35.3 Å². The van der Waals surface area contributed by atoms with Crippen LogP contribution in [0.3, 0.4) is 0 Å². The number of fused-ring (bicyclic) bond motifs is 1. The quantitative estimate of drug-likeness (QED) is 0.628. The standard InChI is InChI=1S/C17H19ClN4O2S/c1-4-24-15(23)13-10(3)19-16-20-17(25-5-2)21-22(16)14(13)11-8-6-7-9-12(11)18/h6-9,14H,4-5H2,1-3H3,(H,19,20,21). The number of carbonyl (C=O) groups excluding carboxylic acids is 1. The van der Waals surface area contributed by atoms with Gasteiger partial charge in [-0.25, -0.2) is 9.48 Å². The smallest absolute Gasteiger partial charge is 0.338 e. The van der Waals surface area contributed by atoms with Gasteiger partial charge in [0.1, 0.15) is 6.04 Å². The Morgan fingerprint density at radius 2 is 2.16 bits per heavy atom. The molecule has 2 aromatic rings. The number of esters is 1. The highest BCUT2D eigenvalue weighted by Crippen LogP contribution is 2.39. The number of thioether (sulfide) groups is 1. The van der Waals surface area contributed by atoms with Crippen molar-refractivity contribution in [3.8, 4) is 0 Å². The highest BCUT2D eigenvalue weighted by atomic mass is 35.5. The maximum Gasteiger partial charge on any atom is 0.338 e. The molecule has 0 aliphatic carbocycles. The molecule has 6 nitrogen and oxygen atoms in total. The summed E-state index contributed by atoms with van der Waals surface area (Å²) in [5.74, 6) is 1.06. The van der Waals surface area contributed by atoms with Gasteiger partial charge in [0.25, 0.3) is 0 Å². The van der Waals surface area contributed by atoms with Crippen LogP contribution >= 0.6 is 23.4 Å². The van der Waals surface area contributed by atoms with Gasteiger partial charge in [-0.3, -0.25) is 0 Å². The molecule has 0 fully saturated rings. The van der Waals surface area contributed by atoms with Crippen LogP contribution < -0.4 is 5.32 Å². The molecule has 1 aliphatic heterocycles. The molecule has 1 aromatic heterocycles. The molecular weight excluding hydrogens is 360 g/mol. The van der Waals surface area contributed by atoms with E-state index in [4.69, 9.17) is 16.3 Å². The zero-order valence-electron chi connectivity index (χ0n) is 14.2. The van der Waals surface area contributed by atoms with E-state index in [0.717, 1.165) is 11.3 Å². The van der Waals surface area contributed by atoms with Gasteiger partial charge in [0, 0.05) is 16.3 Å². The Balaban J connectivity index is 2.17.